The number of nitrogens with zero attached hydrogens (tertiary/aromatic N) is 4. The van der Waals surface area contributed by atoms with E-state index in [9.17, 15) is 13.2 Å². The van der Waals surface area contributed by atoms with E-state index >= 15 is 0 Å². The van der Waals surface area contributed by atoms with Crippen LogP contribution in [0.1, 0.15) is 17.0 Å². The normalized spacial score (nSPS) is 11.7. The molecule has 1 aromatic heterocycles. The summed E-state index contributed by atoms with van der Waals surface area (Å²) in [4.78, 5) is 1.20. The number of rotatable bonds is 5. The number of nitrogens with two attached hydrogens (primary N) is 1. The number of hydrogen-bond donors (Lipinski definition) is 1. The van der Waals surface area contributed by atoms with Gasteiger partial charge in [0.2, 0.25) is 5.82 Å². The first-order chi connectivity index (χ1) is 9.90. The van der Waals surface area contributed by atoms with Crippen molar-refractivity contribution in [2.45, 2.75) is 19.2 Å². The Labute approximate surface area is 118 Å². The van der Waals surface area contributed by atoms with Crippen LogP contribution in [-0.4, -0.2) is 26.8 Å². The van der Waals surface area contributed by atoms with E-state index in [1.54, 1.807) is 13.1 Å². The van der Waals surface area contributed by atoms with E-state index in [0.717, 1.165) is 6.07 Å². The molecule has 0 bridgehead atoms. The van der Waals surface area contributed by atoms with Crippen molar-refractivity contribution in [3.8, 4) is 5.75 Å². The molecule has 0 atom stereocenters. The Morgan fingerprint density at radius 3 is 2.67 bits per heavy atom. The molecule has 0 amide bonds. The second-order valence-corrected chi connectivity index (χ2v) is 4.35. The molecule has 1 aromatic carbocycles. The minimum Gasteiger partial charge on any atom is -0.485 e. The van der Waals surface area contributed by atoms with E-state index in [-0.39, 0.29) is 24.7 Å². The fraction of sp³-hybridized carbons (Fsp3) is 0.417. The SMILES string of the molecule is Cn1nnc(COc2ccc(CCN)cc2C(F)(F)F)n1. The van der Waals surface area contributed by atoms with Gasteiger partial charge in [-0.05, 0) is 35.9 Å². The van der Waals surface area contributed by atoms with Gasteiger partial charge in [0.15, 0.2) is 6.61 Å². The van der Waals surface area contributed by atoms with E-state index in [1.165, 1.54) is 10.9 Å². The third-order valence-electron chi connectivity index (χ3n) is 2.69. The summed E-state index contributed by atoms with van der Waals surface area (Å²) in [5.41, 5.74) is 5.03. The first-order valence-electron chi connectivity index (χ1n) is 6.16. The predicted octanol–water partition coefficient (Wildman–Crippen LogP) is 1.31. The summed E-state index contributed by atoms with van der Waals surface area (Å²) >= 11 is 0. The van der Waals surface area contributed by atoms with Crippen molar-refractivity contribution in [1.29, 1.82) is 0 Å². The topological polar surface area (TPSA) is 78.8 Å². The highest BCUT2D eigenvalue weighted by Crippen LogP contribution is 2.37. The van der Waals surface area contributed by atoms with Crippen LogP contribution in [0.5, 0.6) is 5.75 Å². The molecule has 1 heterocycles. The number of hydrogen-bond acceptors (Lipinski definition) is 5. The van der Waals surface area contributed by atoms with Crippen LogP contribution in [0.4, 0.5) is 13.2 Å². The third-order valence-corrected chi connectivity index (χ3v) is 2.69. The largest absolute Gasteiger partial charge is 0.485 e. The molecule has 0 aliphatic heterocycles. The second kappa shape index (κ2) is 6.08. The molecule has 114 valence electrons. The number of tetrazole rings is 1. The summed E-state index contributed by atoms with van der Waals surface area (Å²) < 4.78 is 44.3. The maximum atomic E-state index is 13.0. The van der Waals surface area contributed by atoms with E-state index in [2.05, 4.69) is 15.4 Å². The van der Waals surface area contributed by atoms with Crippen LogP contribution in [0.2, 0.25) is 0 Å². The maximum absolute atomic E-state index is 13.0. The summed E-state index contributed by atoms with van der Waals surface area (Å²) in [5, 5.41) is 11.1. The Morgan fingerprint density at radius 2 is 2.10 bits per heavy atom. The zero-order valence-corrected chi connectivity index (χ0v) is 11.3. The molecular weight excluding hydrogens is 287 g/mol. The van der Waals surface area contributed by atoms with Crippen molar-refractivity contribution >= 4 is 0 Å². The molecule has 2 rings (SSSR count). The van der Waals surface area contributed by atoms with Gasteiger partial charge in [-0.3, -0.25) is 0 Å². The zero-order chi connectivity index (χ0) is 15.5. The summed E-state index contributed by atoms with van der Waals surface area (Å²) in [6.07, 6.45) is -4.13. The number of halogens is 3. The molecule has 21 heavy (non-hydrogen) atoms. The van der Waals surface area contributed by atoms with Gasteiger partial charge in [-0.1, -0.05) is 6.07 Å². The minimum atomic E-state index is -4.50. The van der Waals surface area contributed by atoms with Gasteiger partial charge in [0.05, 0.1) is 12.6 Å². The average molecular weight is 301 g/mol. The Kier molecular flexibility index (Phi) is 4.41. The fourth-order valence-electron chi connectivity index (χ4n) is 1.77. The minimum absolute atomic E-state index is 0.187. The van der Waals surface area contributed by atoms with Crippen LogP contribution in [0.3, 0.4) is 0 Å². The van der Waals surface area contributed by atoms with Crippen molar-refractivity contribution in [3.63, 3.8) is 0 Å². The zero-order valence-electron chi connectivity index (χ0n) is 11.3. The van der Waals surface area contributed by atoms with Gasteiger partial charge in [0.25, 0.3) is 0 Å². The fourth-order valence-corrected chi connectivity index (χ4v) is 1.77. The van der Waals surface area contributed by atoms with Gasteiger partial charge < -0.3 is 10.5 Å². The summed E-state index contributed by atoms with van der Waals surface area (Å²) in [5.74, 6) is -0.0626. The van der Waals surface area contributed by atoms with Crippen molar-refractivity contribution in [2.75, 3.05) is 6.54 Å². The molecule has 2 aromatic rings. The van der Waals surface area contributed by atoms with E-state index in [1.807, 2.05) is 0 Å². The Hall–Kier alpha value is -2.16. The van der Waals surface area contributed by atoms with E-state index < -0.39 is 11.7 Å². The first kappa shape index (κ1) is 15.2. The van der Waals surface area contributed by atoms with Gasteiger partial charge in [-0.2, -0.15) is 18.0 Å². The summed E-state index contributed by atoms with van der Waals surface area (Å²) in [7, 11) is 1.55. The van der Waals surface area contributed by atoms with Crippen LogP contribution in [0.15, 0.2) is 18.2 Å². The summed E-state index contributed by atoms with van der Waals surface area (Å²) in [6.45, 7) is 0.0914. The molecular formula is C12H14F3N5O. The number of aryl methyl sites for hydroxylation is 1. The first-order valence-corrected chi connectivity index (χ1v) is 6.16. The van der Waals surface area contributed by atoms with Crippen LogP contribution >= 0.6 is 0 Å². The molecule has 0 aliphatic rings. The van der Waals surface area contributed by atoms with Crippen molar-refractivity contribution in [1.82, 2.24) is 20.2 Å². The smallest absolute Gasteiger partial charge is 0.419 e. The van der Waals surface area contributed by atoms with Crippen LogP contribution < -0.4 is 10.5 Å². The Morgan fingerprint density at radius 1 is 1.33 bits per heavy atom. The molecule has 2 N–H and O–H groups in total. The van der Waals surface area contributed by atoms with E-state index in [4.69, 9.17) is 10.5 Å². The summed E-state index contributed by atoms with van der Waals surface area (Å²) in [6, 6.07) is 3.89. The Bertz CT molecular complexity index is 611. The lowest BCUT2D eigenvalue weighted by atomic mass is 10.1. The van der Waals surface area contributed by atoms with E-state index in [0.29, 0.717) is 12.0 Å². The molecule has 0 saturated carbocycles. The third kappa shape index (κ3) is 3.91. The van der Waals surface area contributed by atoms with Crippen molar-refractivity contribution < 1.29 is 17.9 Å². The monoisotopic (exact) mass is 301 g/mol. The van der Waals surface area contributed by atoms with Crippen LogP contribution in [0, 0.1) is 0 Å². The maximum Gasteiger partial charge on any atom is 0.419 e. The van der Waals surface area contributed by atoms with Gasteiger partial charge in [0, 0.05) is 0 Å². The quantitative estimate of drug-likeness (QED) is 0.901. The van der Waals surface area contributed by atoms with Gasteiger partial charge in [-0.15, -0.1) is 10.2 Å². The lowest BCUT2D eigenvalue weighted by molar-refractivity contribution is -0.139. The molecule has 9 heteroatoms. The van der Waals surface area contributed by atoms with Gasteiger partial charge >= 0.3 is 6.18 Å². The van der Waals surface area contributed by atoms with Gasteiger partial charge in [0.1, 0.15) is 5.75 Å². The second-order valence-electron chi connectivity index (χ2n) is 4.35. The molecule has 0 spiro atoms. The Balaban J connectivity index is 2.21. The predicted molar refractivity (Wildman–Crippen MR) is 67.3 cm³/mol. The lowest BCUT2D eigenvalue weighted by Gasteiger charge is -2.14. The molecule has 0 saturated heterocycles. The number of alkyl halides is 3. The van der Waals surface area contributed by atoms with Crippen molar-refractivity contribution in [2.24, 2.45) is 12.8 Å². The van der Waals surface area contributed by atoms with Crippen LogP contribution in [0.25, 0.3) is 0 Å². The van der Waals surface area contributed by atoms with Crippen LogP contribution in [-0.2, 0) is 26.3 Å². The highest BCUT2D eigenvalue weighted by molar-refractivity contribution is 5.39. The highest BCUT2D eigenvalue weighted by Gasteiger charge is 2.34. The molecule has 0 radical (unpaired) electrons. The number of aromatic nitrogens is 4. The molecule has 6 nitrogen and oxygen atoms in total. The number of benzene rings is 1. The lowest BCUT2D eigenvalue weighted by Crippen LogP contribution is -2.11. The highest BCUT2D eigenvalue weighted by atomic mass is 19.4. The molecule has 0 fully saturated rings. The molecule has 0 aliphatic carbocycles. The average Bonchev–Trinajstić information content (AvgIpc) is 2.82. The number of ether oxygens (including phenoxy) is 1. The molecule has 0 unspecified atom stereocenters. The van der Waals surface area contributed by atoms with Crippen molar-refractivity contribution in [3.05, 3.63) is 35.2 Å². The standard InChI is InChI=1S/C12H14F3N5O/c1-20-18-11(17-19-20)7-21-10-3-2-8(4-5-16)6-9(10)12(13,14)15/h2-3,6H,4-5,7,16H2,1H3. The van der Waals surface area contributed by atoms with Gasteiger partial charge in [-0.25, -0.2) is 0 Å².